The fraction of sp³-hybridized carbons (Fsp3) is 0.125. The van der Waals surface area contributed by atoms with Crippen LogP contribution in [-0.2, 0) is 0 Å². The zero-order valence-electron chi connectivity index (χ0n) is 11.5. The van der Waals surface area contributed by atoms with Gasteiger partial charge in [0.2, 0.25) is 0 Å². The summed E-state index contributed by atoms with van der Waals surface area (Å²) in [5.74, 6) is 0.930. The minimum Gasteiger partial charge on any atom is -0.308 e. The highest BCUT2D eigenvalue weighted by atomic mass is 35.5. The number of rotatable bonds is 2. The van der Waals surface area contributed by atoms with Crippen molar-refractivity contribution in [2.45, 2.75) is 11.3 Å². The van der Waals surface area contributed by atoms with Crippen molar-refractivity contribution >= 4 is 40.1 Å². The molecule has 2 N–H and O–H groups in total. The van der Waals surface area contributed by atoms with Crippen LogP contribution >= 0.6 is 23.4 Å². The van der Waals surface area contributed by atoms with E-state index in [4.69, 9.17) is 11.6 Å². The van der Waals surface area contributed by atoms with Crippen LogP contribution in [0.4, 0.5) is 5.69 Å². The van der Waals surface area contributed by atoms with E-state index >= 15 is 0 Å². The summed E-state index contributed by atoms with van der Waals surface area (Å²) in [7, 11) is 0. The molecule has 4 rings (SSSR count). The molecule has 22 heavy (non-hydrogen) atoms. The quantitative estimate of drug-likeness (QED) is 0.884. The SMILES string of the molecule is Clc1ccc([C@H]2NNC3=NC(=Nc4ccccc4)S[C@H]32)cc1. The highest BCUT2D eigenvalue weighted by Crippen LogP contribution is 2.36. The molecule has 2 aliphatic rings. The fourth-order valence-corrected chi connectivity index (χ4v) is 3.75. The highest BCUT2D eigenvalue weighted by Gasteiger charge is 2.39. The summed E-state index contributed by atoms with van der Waals surface area (Å²) in [6.07, 6.45) is 0. The molecular weight excluding hydrogens is 316 g/mol. The molecule has 1 fully saturated rings. The molecule has 0 radical (unpaired) electrons. The lowest BCUT2D eigenvalue weighted by Gasteiger charge is -2.14. The second-order valence-corrected chi connectivity index (χ2v) is 6.61. The number of benzene rings is 2. The molecule has 2 heterocycles. The number of nitrogens with one attached hydrogen (secondary N) is 2. The first-order valence-electron chi connectivity index (χ1n) is 6.95. The number of para-hydroxylation sites is 1. The van der Waals surface area contributed by atoms with Crippen molar-refractivity contribution in [1.29, 1.82) is 0 Å². The lowest BCUT2D eigenvalue weighted by Crippen LogP contribution is -2.27. The summed E-state index contributed by atoms with van der Waals surface area (Å²) in [5.41, 5.74) is 8.54. The van der Waals surface area contributed by atoms with Crippen LogP contribution in [0.2, 0.25) is 5.02 Å². The molecule has 0 aromatic heterocycles. The van der Waals surface area contributed by atoms with Gasteiger partial charge in [0.05, 0.1) is 17.0 Å². The lowest BCUT2D eigenvalue weighted by atomic mass is 10.1. The number of thioether (sulfide) groups is 1. The summed E-state index contributed by atoms with van der Waals surface area (Å²) in [4.78, 5) is 9.15. The van der Waals surface area contributed by atoms with E-state index < -0.39 is 0 Å². The van der Waals surface area contributed by atoms with E-state index in [0.29, 0.717) is 0 Å². The van der Waals surface area contributed by atoms with Gasteiger partial charge in [0.1, 0.15) is 5.84 Å². The van der Waals surface area contributed by atoms with Crippen molar-refractivity contribution in [3.05, 3.63) is 65.2 Å². The van der Waals surface area contributed by atoms with Crippen molar-refractivity contribution < 1.29 is 0 Å². The standard InChI is InChI=1S/C16H13ClN4S/c17-11-8-6-10(7-9-11)13-14-15(21-20-13)19-16(22-14)18-12-4-2-1-3-5-12/h1-9,13-14,20H,(H,18,19,21)/t13-,14+/m1/s1. The van der Waals surface area contributed by atoms with Gasteiger partial charge in [0, 0.05) is 5.02 Å². The van der Waals surface area contributed by atoms with Gasteiger partial charge in [0.15, 0.2) is 5.17 Å². The molecule has 110 valence electrons. The molecule has 2 aromatic rings. The number of fused-ring (bicyclic) bond motifs is 1. The second kappa shape index (κ2) is 5.76. The average Bonchev–Trinajstić information content (AvgIpc) is 3.09. The Balaban J connectivity index is 1.57. The highest BCUT2D eigenvalue weighted by molar-refractivity contribution is 8.15. The number of hydrogen-bond donors (Lipinski definition) is 2. The number of nitrogens with zero attached hydrogens (tertiary/aromatic N) is 2. The van der Waals surface area contributed by atoms with Crippen LogP contribution in [0.5, 0.6) is 0 Å². The maximum atomic E-state index is 5.96. The molecule has 0 bridgehead atoms. The zero-order valence-corrected chi connectivity index (χ0v) is 13.1. The van der Waals surface area contributed by atoms with Crippen molar-refractivity contribution in [1.82, 2.24) is 10.9 Å². The summed E-state index contributed by atoms with van der Waals surface area (Å²) >= 11 is 7.63. The summed E-state index contributed by atoms with van der Waals surface area (Å²) < 4.78 is 0. The van der Waals surface area contributed by atoms with Crippen LogP contribution in [0.15, 0.2) is 64.6 Å². The monoisotopic (exact) mass is 328 g/mol. The normalized spacial score (nSPS) is 25.0. The Hall–Kier alpha value is -1.82. The zero-order chi connectivity index (χ0) is 14.9. The number of aliphatic imine (C=N–C) groups is 2. The molecule has 0 aliphatic carbocycles. The Morgan fingerprint density at radius 3 is 2.59 bits per heavy atom. The molecule has 0 amide bonds. The van der Waals surface area contributed by atoms with E-state index in [0.717, 1.165) is 21.7 Å². The van der Waals surface area contributed by atoms with Crippen molar-refractivity contribution in [3.8, 4) is 0 Å². The summed E-state index contributed by atoms with van der Waals surface area (Å²) in [5, 5.41) is 1.75. The molecule has 1 saturated heterocycles. The molecule has 0 spiro atoms. The van der Waals surface area contributed by atoms with E-state index in [9.17, 15) is 0 Å². The third-order valence-electron chi connectivity index (χ3n) is 3.59. The largest absolute Gasteiger partial charge is 0.308 e. The van der Waals surface area contributed by atoms with Gasteiger partial charge in [-0.25, -0.2) is 15.4 Å². The van der Waals surface area contributed by atoms with Crippen molar-refractivity contribution in [3.63, 3.8) is 0 Å². The number of amidine groups is 2. The fourth-order valence-electron chi connectivity index (χ4n) is 2.51. The first-order valence-corrected chi connectivity index (χ1v) is 8.21. The van der Waals surface area contributed by atoms with E-state index in [1.807, 2.05) is 54.6 Å². The summed E-state index contributed by atoms with van der Waals surface area (Å²) in [6, 6.07) is 17.9. The Labute approximate surface area is 137 Å². The Kier molecular flexibility index (Phi) is 3.62. The molecule has 2 aromatic carbocycles. The Bertz CT molecular complexity index is 743. The summed E-state index contributed by atoms with van der Waals surface area (Å²) in [6.45, 7) is 0. The Morgan fingerprint density at radius 1 is 1.05 bits per heavy atom. The minimum absolute atomic E-state index is 0.157. The second-order valence-electron chi connectivity index (χ2n) is 5.06. The van der Waals surface area contributed by atoms with Gasteiger partial charge in [-0.1, -0.05) is 53.7 Å². The van der Waals surface area contributed by atoms with Crippen molar-refractivity contribution in [2.75, 3.05) is 0 Å². The Morgan fingerprint density at radius 2 is 1.82 bits per heavy atom. The smallest absolute Gasteiger partial charge is 0.190 e. The molecule has 0 unspecified atom stereocenters. The van der Waals surface area contributed by atoms with Crippen LogP contribution in [-0.4, -0.2) is 16.3 Å². The van der Waals surface area contributed by atoms with Gasteiger partial charge in [-0.2, -0.15) is 0 Å². The topological polar surface area (TPSA) is 48.8 Å². The van der Waals surface area contributed by atoms with E-state index in [2.05, 4.69) is 20.8 Å². The van der Waals surface area contributed by atoms with Crippen LogP contribution in [0.3, 0.4) is 0 Å². The number of hydrazine groups is 1. The van der Waals surface area contributed by atoms with Crippen LogP contribution in [0.1, 0.15) is 11.6 Å². The molecular formula is C16H13ClN4S. The average molecular weight is 329 g/mol. The molecule has 6 heteroatoms. The predicted octanol–water partition coefficient (Wildman–Crippen LogP) is 3.69. The maximum absolute atomic E-state index is 5.96. The predicted molar refractivity (Wildman–Crippen MR) is 92.8 cm³/mol. The minimum atomic E-state index is 0.157. The van der Waals surface area contributed by atoms with Crippen molar-refractivity contribution in [2.24, 2.45) is 9.98 Å². The van der Waals surface area contributed by atoms with Gasteiger partial charge < -0.3 is 5.43 Å². The van der Waals surface area contributed by atoms with E-state index in [1.165, 1.54) is 5.56 Å². The van der Waals surface area contributed by atoms with E-state index in [1.54, 1.807) is 11.8 Å². The van der Waals surface area contributed by atoms with Gasteiger partial charge >= 0.3 is 0 Å². The first-order chi connectivity index (χ1) is 10.8. The molecule has 4 nitrogen and oxygen atoms in total. The molecule has 0 saturated carbocycles. The van der Waals surface area contributed by atoms with Gasteiger partial charge in [0.25, 0.3) is 0 Å². The van der Waals surface area contributed by atoms with Crippen LogP contribution in [0, 0.1) is 0 Å². The molecule has 2 atom stereocenters. The van der Waals surface area contributed by atoms with Gasteiger partial charge in [-0.15, -0.1) is 0 Å². The maximum Gasteiger partial charge on any atom is 0.190 e. The van der Waals surface area contributed by atoms with Crippen LogP contribution in [0.25, 0.3) is 0 Å². The third kappa shape index (κ3) is 2.63. The first kappa shape index (κ1) is 13.8. The third-order valence-corrected chi connectivity index (χ3v) is 4.98. The number of hydrogen-bond acceptors (Lipinski definition) is 4. The van der Waals surface area contributed by atoms with Gasteiger partial charge in [-0.05, 0) is 29.8 Å². The molecule has 2 aliphatic heterocycles. The lowest BCUT2D eigenvalue weighted by molar-refractivity contribution is 0.593. The van der Waals surface area contributed by atoms with Gasteiger partial charge in [-0.3, -0.25) is 0 Å². The van der Waals surface area contributed by atoms with E-state index in [-0.39, 0.29) is 11.3 Å². The van der Waals surface area contributed by atoms with Crippen LogP contribution < -0.4 is 10.9 Å². The number of halogens is 1.